The summed E-state index contributed by atoms with van der Waals surface area (Å²) in [5, 5.41) is 5.13. The van der Waals surface area contributed by atoms with Crippen LogP contribution >= 0.6 is 0 Å². The van der Waals surface area contributed by atoms with Gasteiger partial charge in [0.15, 0.2) is 0 Å². The molecule has 3 unspecified atom stereocenters. The zero-order valence-corrected chi connectivity index (χ0v) is 38.1. The number of hydrogen-bond acceptors (Lipinski definition) is 1. The van der Waals surface area contributed by atoms with Crippen molar-refractivity contribution in [1.82, 2.24) is 0 Å². The first-order chi connectivity index (χ1) is 33.0. The quantitative estimate of drug-likeness (QED) is 0.151. The number of rotatable bonds is 6. The minimum absolute atomic E-state index is 0.0885. The van der Waals surface area contributed by atoms with Gasteiger partial charge in [-0.25, -0.2) is 0 Å². The van der Waals surface area contributed by atoms with Crippen LogP contribution in [0.3, 0.4) is 0 Å². The third kappa shape index (κ3) is 5.61. The topological polar surface area (TPSA) is 3.24 Å². The average molecular weight is 858 g/mol. The van der Waals surface area contributed by atoms with Gasteiger partial charge >= 0.3 is 0 Å². The Morgan fingerprint density at radius 3 is 1.81 bits per heavy atom. The van der Waals surface area contributed by atoms with Crippen molar-refractivity contribution in [3.63, 3.8) is 0 Å². The van der Waals surface area contributed by atoms with E-state index < -0.39 is 0 Å². The molecule has 0 heterocycles. The van der Waals surface area contributed by atoms with Gasteiger partial charge in [0.1, 0.15) is 0 Å². The Hall–Kier alpha value is -7.48. The standard InChI is InChI=1S/C66H51N/c1-65(2)61-26-9-7-21-57(61)60-25-13-24-59(64(60)65)54-19-6-5-18-51(54)44-29-33-47(34-30-44)67(48-16-11-15-45(39-48)52-22-12-23-53-50-17-4-3-14-43(50)31-36-55(52)53)49-35-37-58-56-20-8-10-27-62(56)66(63(58)40-49)41-42-28-32-46(66)38-42/h3-27,29-31,33-37,39-40,42,46H,28,32,38,41H2,1-2H3. The van der Waals surface area contributed by atoms with Crippen LogP contribution in [0, 0.1) is 11.8 Å². The average Bonchev–Trinajstić information content (AvgIpc) is 4.13. The summed E-state index contributed by atoms with van der Waals surface area (Å²) >= 11 is 0. The van der Waals surface area contributed by atoms with E-state index in [0.717, 1.165) is 17.3 Å². The highest BCUT2D eigenvalue weighted by molar-refractivity contribution is 6.12. The maximum atomic E-state index is 2.59. The van der Waals surface area contributed by atoms with E-state index in [0.29, 0.717) is 5.92 Å². The van der Waals surface area contributed by atoms with Crippen LogP contribution in [0.2, 0.25) is 0 Å². The summed E-state index contributed by atoms with van der Waals surface area (Å²) < 4.78 is 0. The molecule has 10 aromatic carbocycles. The minimum Gasteiger partial charge on any atom is -0.310 e. The van der Waals surface area contributed by atoms with Crippen molar-refractivity contribution in [3.8, 4) is 55.6 Å². The van der Waals surface area contributed by atoms with Crippen LogP contribution in [-0.4, -0.2) is 0 Å². The Bertz CT molecular complexity index is 3650. The first-order valence-corrected chi connectivity index (χ1v) is 24.4. The second kappa shape index (κ2) is 14.5. The largest absolute Gasteiger partial charge is 0.310 e. The predicted octanol–water partition coefficient (Wildman–Crippen LogP) is 17.9. The van der Waals surface area contributed by atoms with E-state index in [-0.39, 0.29) is 10.8 Å². The second-order valence-corrected chi connectivity index (χ2v) is 20.4. The van der Waals surface area contributed by atoms with Crippen molar-refractivity contribution >= 4 is 38.6 Å². The lowest BCUT2D eigenvalue weighted by atomic mass is 9.67. The third-order valence-corrected chi connectivity index (χ3v) is 16.7. The van der Waals surface area contributed by atoms with Crippen molar-refractivity contribution in [2.24, 2.45) is 11.8 Å². The lowest BCUT2D eigenvalue weighted by Crippen LogP contribution is -2.32. The van der Waals surface area contributed by atoms with Crippen molar-refractivity contribution in [1.29, 1.82) is 0 Å². The first kappa shape index (κ1) is 38.8. The van der Waals surface area contributed by atoms with Gasteiger partial charge in [0, 0.05) is 27.9 Å². The van der Waals surface area contributed by atoms with Crippen LogP contribution in [0.1, 0.15) is 61.8 Å². The smallest absolute Gasteiger partial charge is 0.0467 e. The van der Waals surface area contributed by atoms with Gasteiger partial charge in [-0.3, -0.25) is 0 Å². The maximum absolute atomic E-state index is 2.59. The van der Waals surface area contributed by atoms with Gasteiger partial charge in [0.05, 0.1) is 0 Å². The highest BCUT2D eigenvalue weighted by atomic mass is 15.1. The van der Waals surface area contributed by atoms with E-state index in [1.165, 1.54) is 125 Å². The number of benzene rings is 10. The fourth-order valence-corrected chi connectivity index (χ4v) is 13.9. The first-order valence-electron chi connectivity index (χ1n) is 24.4. The Kier molecular flexibility index (Phi) is 8.39. The highest BCUT2D eigenvalue weighted by Gasteiger charge is 2.56. The van der Waals surface area contributed by atoms with Gasteiger partial charge in [-0.2, -0.15) is 0 Å². The Labute approximate surface area is 394 Å². The van der Waals surface area contributed by atoms with E-state index >= 15 is 0 Å². The number of nitrogens with zero attached hydrogens (tertiary/aromatic N) is 1. The number of anilines is 3. The van der Waals surface area contributed by atoms with Gasteiger partial charge in [-0.1, -0.05) is 196 Å². The molecule has 2 bridgehead atoms. The molecule has 14 rings (SSSR count). The predicted molar refractivity (Wildman–Crippen MR) is 282 cm³/mol. The summed E-state index contributed by atoms with van der Waals surface area (Å²) in [5.74, 6) is 1.51. The summed E-state index contributed by atoms with van der Waals surface area (Å²) in [7, 11) is 0. The highest BCUT2D eigenvalue weighted by Crippen LogP contribution is 2.66. The summed E-state index contributed by atoms with van der Waals surface area (Å²) in [6.45, 7) is 4.78. The minimum atomic E-state index is -0.109. The lowest BCUT2D eigenvalue weighted by Gasteiger charge is -2.37. The molecule has 2 fully saturated rings. The molecule has 2 saturated carbocycles. The summed E-state index contributed by atoms with van der Waals surface area (Å²) in [4.78, 5) is 2.52. The van der Waals surface area contributed by atoms with E-state index in [9.17, 15) is 0 Å². The number of hydrogen-bond donors (Lipinski definition) is 0. The molecule has 0 aromatic heterocycles. The van der Waals surface area contributed by atoms with Gasteiger partial charge in [0.2, 0.25) is 0 Å². The molecule has 0 saturated heterocycles. The van der Waals surface area contributed by atoms with E-state index in [1.54, 1.807) is 5.56 Å². The van der Waals surface area contributed by atoms with Gasteiger partial charge in [-0.05, 0) is 167 Å². The monoisotopic (exact) mass is 857 g/mol. The van der Waals surface area contributed by atoms with Crippen LogP contribution in [-0.2, 0) is 10.8 Å². The number of fused-ring (bicyclic) bond motifs is 14. The molecule has 3 atom stereocenters. The molecular formula is C66H51N. The van der Waals surface area contributed by atoms with Gasteiger partial charge in [0.25, 0.3) is 0 Å². The molecule has 1 spiro atoms. The Morgan fingerprint density at radius 1 is 0.388 bits per heavy atom. The lowest BCUT2D eigenvalue weighted by molar-refractivity contribution is 0.327. The van der Waals surface area contributed by atoms with Crippen LogP contribution < -0.4 is 4.90 Å². The van der Waals surface area contributed by atoms with E-state index in [2.05, 4.69) is 231 Å². The van der Waals surface area contributed by atoms with E-state index in [4.69, 9.17) is 0 Å². The van der Waals surface area contributed by atoms with Crippen LogP contribution in [0.4, 0.5) is 17.1 Å². The molecule has 10 aromatic rings. The fraction of sp³-hybridized carbons (Fsp3) is 0.152. The molecule has 67 heavy (non-hydrogen) atoms. The fourth-order valence-electron chi connectivity index (χ4n) is 13.9. The molecule has 4 aliphatic carbocycles. The Balaban J connectivity index is 0.920. The third-order valence-electron chi connectivity index (χ3n) is 16.7. The normalized spacial score (nSPS) is 19.1. The van der Waals surface area contributed by atoms with Crippen molar-refractivity contribution in [3.05, 3.63) is 235 Å². The van der Waals surface area contributed by atoms with Gasteiger partial charge in [-0.15, -0.1) is 0 Å². The van der Waals surface area contributed by atoms with Crippen molar-refractivity contribution in [2.45, 2.75) is 50.4 Å². The molecule has 1 heteroatoms. The molecular weight excluding hydrogens is 807 g/mol. The SMILES string of the molecule is CC1(C)c2ccccc2-c2cccc(-c3ccccc3-c3ccc(N(c4cccc(-c5cccc6c5ccc5ccccc56)c4)c4ccc5c(c4)C4(CC6CCC4C6)c4ccccc4-5)cc3)c21. The van der Waals surface area contributed by atoms with Gasteiger partial charge < -0.3 is 4.90 Å². The molecule has 0 amide bonds. The van der Waals surface area contributed by atoms with E-state index in [1.807, 2.05) is 0 Å². The summed E-state index contributed by atoms with van der Waals surface area (Å²) in [6.07, 6.45) is 5.32. The molecule has 0 radical (unpaired) electrons. The van der Waals surface area contributed by atoms with Crippen molar-refractivity contribution in [2.75, 3.05) is 4.90 Å². The van der Waals surface area contributed by atoms with Crippen LogP contribution in [0.25, 0.3) is 77.2 Å². The molecule has 4 aliphatic rings. The molecule has 0 N–H and O–H groups in total. The zero-order chi connectivity index (χ0) is 44.4. The van der Waals surface area contributed by atoms with Crippen molar-refractivity contribution < 1.29 is 0 Å². The summed E-state index contributed by atoms with van der Waals surface area (Å²) in [6, 6.07) is 80.4. The Morgan fingerprint density at radius 2 is 1.00 bits per heavy atom. The molecule has 1 nitrogen and oxygen atoms in total. The van der Waals surface area contributed by atoms with Crippen LogP contribution in [0.15, 0.2) is 212 Å². The van der Waals surface area contributed by atoms with Crippen LogP contribution in [0.5, 0.6) is 0 Å². The molecule has 320 valence electrons. The zero-order valence-electron chi connectivity index (χ0n) is 38.1. The molecule has 0 aliphatic heterocycles. The summed E-state index contributed by atoms with van der Waals surface area (Å²) in [5.41, 5.74) is 22.5. The second-order valence-electron chi connectivity index (χ2n) is 20.4. The maximum Gasteiger partial charge on any atom is 0.0467 e.